The van der Waals surface area contributed by atoms with Gasteiger partial charge < -0.3 is 18.9 Å². The molecule has 2 heterocycles. The van der Waals surface area contributed by atoms with Gasteiger partial charge in [-0.3, -0.25) is 0 Å². The Labute approximate surface area is 737 Å². The highest BCUT2D eigenvalue weighted by molar-refractivity contribution is 6.27. The van der Waals surface area contributed by atoms with Crippen molar-refractivity contribution in [3.8, 4) is 67.0 Å². The number of rotatable bonds is 13. The Bertz CT molecular complexity index is 8460. The topological polar surface area (TPSA) is 16.3 Å². The molecule has 0 aliphatic rings. The maximum absolute atomic E-state index is 2.43. The maximum Gasteiger partial charge on any atom is 0.0541 e. The van der Waals surface area contributed by atoms with Gasteiger partial charge in [0.2, 0.25) is 0 Å². The van der Waals surface area contributed by atoms with Crippen molar-refractivity contribution in [1.29, 1.82) is 0 Å². The van der Waals surface area contributed by atoms with E-state index in [1.165, 1.54) is 197 Å². The average molecular weight is 1620 g/mol. The Balaban J connectivity index is 0.000000145. The van der Waals surface area contributed by atoms with Crippen molar-refractivity contribution in [2.75, 3.05) is 9.80 Å². The summed E-state index contributed by atoms with van der Waals surface area (Å²) in [7, 11) is 0. The standard InChI is InChI=1S/C64H42N2.C58H38N2.CH4/c1-2-13-43(14-3-1)44-25-33-50(34-26-44)65(51-35-27-45(28-36-51)48-31-39-58-56-20-7-6-18-54(56)55-19-8-9-21-57(55)60(58)41-48)52-37-29-46(30-38-52)49-32-40-64-61(42-49)59-22-10-11-23-63(59)66(64)62-24-12-16-47-15-4-5-17-53(47)62;1-2-15-44(16-3-1)59(45-31-25-39(26-32-45)42-29-35-52-50-20-7-6-18-48(50)49-19-8-9-21-51(49)54(52)37-42)46-33-27-40(28-34-46)43-30-36-58-55(38-43)53-22-10-11-23-57(53)60(58)56-24-12-14-41-13-4-5-17-47(41)56;/h1-42H;1-38H;1H4. The molecular weight excluding hydrogens is 1530 g/mol. The SMILES string of the molecule is C.c1ccc(-c2ccc(N(c3ccc(-c4ccc5c6ccccc6c6ccccc6c5c4)cc3)c3ccc(-c4ccc5c(c4)c4ccccc4n5-c4cccc5ccccc45)cc3)cc2)cc1.c1ccc(N(c2ccc(-c3ccc4c5ccccc5c5ccccc5c4c3)cc2)c2ccc(-c3ccc4c(c3)c3ccccc3n4-c3cccc4ccccc34)cc2)cc1. The normalized spacial score (nSPS) is 11.6. The van der Waals surface area contributed by atoms with Crippen molar-refractivity contribution in [3.05, 3.63) is 485 Å². The van der Waals surface area contributed by atoms with E-state index in [0.29, 0.717) is 0 Å². The first kappa shape index (κ1) is 75.3. The minimum atomic E-state index is 0. The first-order valence-electron chi connectivity index (χ1n) is 43.4. The first-order chi connectivity index (χ1) is 62.5. The van der Waals surface area contributed by atoms with Crippen LogP contribution in [0.2, 0.25) is 0 Å². The van der Waals surface area contributed by atoms with E-state index in [9.17, 15) is 0 Å². The fraction of sp³-hybridized carbons (Fsp3) is 0.00813. The van der Waals surface area contributed by atoms with Crippen LogP contribution >= 0.6 is 0 Å². The summed E-state index contributed by atoms with van der Waals surface area (Å²) in [6.07, 6.45) is 0. The second kappa shape index (κ2) is 31.7. The van der Waals surface area contributed by atoms with Crippen molar-refractivity contribution >= 4 is 164 Å². The molecule has 0 bridgehead atoms. The molecule has 0 aliphatic carbocycles. The van der Waals surface area contributed by atoms with E-state index < -0.39 is 0 Å². The zero-order chi connectivity index (χ0) is 83.1. The highest BCUT2D eigenvalue weighted by atomic mass is 15.1. The zero-order valence-electron chi connectivity index (χ0n) is 69.0. The van der Waals surface area contributed by atoms with Crippen LogP contribution in [0.15, 0.2) is 485 Å². The van der Waals surface area contributed by atoms with Gasteiger partial charge >= 0.3 is 0 Å². The van der Waals surface area contributed by atoms with Crippen LogP contribution in [0.1, 0.15) is 7.43 Å². The largest absolute Gasteiger partial charge is 0.311 e. The number of para-hydroxylation sites is 3. The number of anilines is 6. The molecule has 127 heavy (non-hydrogen) atoms. The van der Waals surface area contributed by atoms with E-state index in [4.69, 9.17) is 0 Å². The minimum absolute atomic E-state index is 0. The lowest BCUT2D eigenvalue weighted by atomic mass is 9.92. The highest BCUT2D eigenvalue weighted by Crippen LogP contribution is 2.46. The molecule has 0 fully saturated rings. The lowest BCUT2D eigenvalue weighted by Gasteiger charge is -2.26. The summed E-state index contributed by atoms with van der Waals surface area (Å²) in [4.78, 5) is 4.71. The third-order valence-electron chi connectivity index (χ3n) is 25.9. The van der Waals surface area contributed by atoms with Crippen LogP contribution in [0.4, 0.5) is 34.1 Å². The van der Waals surface area contributed by atoms with Gasteiger partial charge in [-0.05, 0) is 265 Å². The molecular formula is C123H84N4. The van der Waals surface area contributed by atoms with Gasteiger partial charge in [-0.25, -0.2) is 0 Å². The van der Waals surface area contributed by atoms with Crippen LogP contribution in [-0.4, -0.2) is 9.13 Å². The van der Waals surface area contributed by atoms with Gasteiger partial charge in [0, 0.05) is 66.4 Å². The maximum atomic E-state index is 2.43. The molecule has 0 atom stereocenters. The third kappa shape index (κ3) is 13.2. The van der Waals surface area contributed by atoms with Crippen molar-refractivity contribution in [2.24, 2.45) is 0 Å². The van der Waals surface area contributed by atoms with Crippen molar-refractivity contribution in [2.45, 2.75) is 7.43 Å². The van der Waals surface area contributed by atoms with Gasteiger partial charge in [-0.2, -0.15) is 0 Å². The summed E-state index contributed by atoms with van der Waals surface area (Å²) in [5.41, 5.74) is 25.8. The molecule has 0 spiro atoms. The Morgan fingerprint density at radius 1 is 0.126 bits per heavy atom. The average Bonchev–Trinajstić information content (AvgIpc) is 1.51. The van der Waals surface area contributed by atoms with E-state index in [0.717, 1.165) is 34.1 Å². The van der Waals surface area contributed by atoms with Crippen molar-refractivity contribution in [1.82, 2.24) is 9.13 Å². The first-order valence-corrected chi connectivity index (χ1v) is 43.4. The Morgan fingerprint density at radius 3 is 0.677 bits per heavy atom. The monoisotopic (exact) mass is 1620 g/mol. The smallest absolute Gasteiger partial charge is 0.0541 e. The van der Waals surface area contributed by atoms with Crippen LogP contribution in [0.3, 0.4) is 0 Å². The molecule has 0 amide bonds. The third-order valence-corrected chi connectivity index (χ3v) is 25.9. The summed E-state index contributed by atoms with van der Waals surface area (Å²) in [5.74, 6) is 0. The molecule has 4 heteroatoms. The van der Waals surface area contributed by atoms with Crippen LogP contribution in [0.25, 0.3) is 197 Å². The van der Waals surface area contributed by atoms with Gasteiger partial charge in [0.1, 0.15) is 0 Å². The summed E-state index contributed by atoms with van der Waals surface area (Å²) < 4.78 is 4.85. The summed E-state index contributed by atoms with van der Waals surface area (Å²) in [5, 5.41) is 25.4. The van der Waals surface area contributed by atoms with Crippen LogP contribution in [0.5, 0.6) is 0 Å². The van der Waals surface area contributed by atoms with E-state index in [-0.39, 0.29) is 7.43 Å². The Kier molecular flexibility index (Phi) is 18.8. The molecule has 0 unspecified atom stereocenters. The van der Waals surface area contributed by atoms with Gasteiger partial charge in [0.05, 0.1) is 33.4 Å². The van der Waals surface area contributed by atoms with Gasteiger partial charge in [0.15, 0.2) is 0 Å². The summed E-state index contributed by atoms with van der Waals surface area (Å²) >= 11 is 0. The van der Waals surface area contributed by atoms with Gasteiger partial charge in [-0.15, -0.1) is 0 Å². The van der Waals surface area contributed by atoms with Crippen molar-refractivity contribution < 1.29 is 0 Å². The fourth-order valence-corrected chi connectivity index (χ4v) is 19.9. The Hall–Kier alpha value is -16.7. The molecule has 0 aliphatic heterocycles. The molecule has 2 aromatic heterocycles. The number of aromatic nitrogens is 2. The summed E-state index contributed by atoms with van der Waals surface area (Å²) in [6, 6.07) is 177. The fourth-order valence-electron chi connectivity index (χ4n) is 19.9. The Morgan fingerprint density at radius 2 is 0.339 bits per heavy atom. The highest BCUT2D eigenvalue weighted by Gasteiger charge is 2.22. The molecule has 0 saturated heterocycles. The molecule has 23 aromatic carbocycles. The summed E-state index contributed by atoms with van der Waals surface area (Å²) in [6.45, 7) is 0. The van der Waals surface area contributed by atoms with E-state index in [1.54, 1.807) is 0 Å². The molecule has 25 rings (SSSR count). The van der Waals surface area contributed by atoms with E-state index in [2.05, 4.69) is 504 Å². The second-order valence-electron chi connectivity index (χ2n) is 33.0. The van der Waals surface area contributed by atoms with Crippen LogP contribution < -0.4 is 9.80 Å². The van der Waals surface area contributed by atoms with E-state index >= 15 is 0 Å². The van der Waals surface area contributed by atoms with Crippen LogP contribution in [-0.2, 0) is 0 Å². The lowest BCUT2D eigenvalue weighted by molar-refractivity contribution is 1.20. The molecule has 0 saturated carbocycles. The van der Waals surface area contributed by atoms with Crippen molar-refractivity contribution in [3.63, 3.8) is 0 Å². The molecule has 4 nitrogen and oxygen atoms in total. The minimum Gasteiger partial charge on any atom is -0.311 e. The number of nitrogens with zero attached hydrogens (tertiary/aromatic N) is 4. The lowest BCUT2D eigenvalue weighted by Crippen LogP contribution is -2.09. The van der Waals surface area contributed by atoms with Gasteiger partial charge in [0.25, 0.3) is 0 Å². The van der Waals surface area contributed by atoms with Gasteiger partial charge in [-0.1, -0.05) is 359 Å². The predicted octanol–water partition coefficient (Wildman–Crippen LogP) is 34.7. The number of benzene rings is 23. The number of hydrogen-bond donors (Lipinski definition) is 0. The predicted molar refractivity (Wildman–Crippen MR) is 545 cm³/mol. The molecule has 596 valence electrons. The zero-order valence-corrected chi connectivity index (χ0v) is 69.0. The molecule has 0 radical (unpaired) electrons. The molecule has 0 N–H and O–H groups in total. The second-order valence-corrected chi connectivity index (χ2v) is 33.0. The number of fused-ring (bicyclic) bond motifs is 20. The quantitative estimate of drug-likeness (QED) is 0.107. The van der Waals surface area contributed by atoms with Crippen LogP contribution in [0, 0.1) is 0 Å². The van der Waals surface area contributed by atoms with E-state index in [1.807, 2.05) is 0 Å². The molecule has 25 aromatic rings. The number of hydrogen-bond acceptors (Lipinski definition) is 2.